The largest absolute Gasteiger partial charge is 0.468 e. The molecule has 15 heavy (non-hydrogen) atoms. The fourth-order valence-corrected chi connectivity index (χ4v) is 1.94. The van der Waals surface area contributed by atoms with Crippen molar-refractivity contribution in [2.24, 2.45) is 5.92 Å². The average molecular weight is 209 g/mol. The summed E-state index contributed by atoms with van der Waals surface area (Å²) in [5.74, 6) is 1.79. The molecule has 0 saturated heterocycles. The number of methoxy groups -OCH3 is 1. The fourth-order valence-electron chi connectivity index (χ4n) is 1.94. The lowest BCUT2D eigenvalue weighted by Crippen LogP contribution is -2.36. The van der Waals surface area contributed by atoms with Gasteiger partial charge in [-0.05, 0) is 37.8 Å². The van der Waals surface area contributed by atoms with Gasteiger partial charge in [-0.15, -0.1) is 0 Å². The summed E-state index contributed by atoms with van der Waals surface area (Å²) in [6, 6.07) is 4.67. The van der Waals surface area contributed by atoms with Gasteiger partial charge in [0.2, 0.25) is 0 Å². The summed E-state index contributed by atoms with van der Waals surface area (Å²) in [5.41, 5.74) is 0. The van der Waals surface area contributed by atoms with Gasteiger partial charge in [-0.25, -0.2) is 0 Å². The Morgan fingerprint density at radius 1 is 1.60 bits per heavy atom. The van der Waals surface area contributed by atoms with Gasteiger partial charge < -0.3 is 14.5 Å². The van der Waals surface area contributed by atoms with E-state index in [0.717, 1.165) is 18.3 Å². The molecule has 2 unspecified atom stereocenters. The van der Waals surface area contributed by atoms with Crippen molar-refractivity contribution in [1.29, 1.82) is 0 Å². The topological polar surface area (TPSA) is 34.4 Å². The quantitative estimate of drug-likeness (QED) is 0.781. The van der Waals surface area contributed by atoms with Crippen LogP contribution in [0.25, 0.3) is 0 Å². The van der Waals surface area contributed by atoms with Crippen LogP contribution in [0, 0.1) is 5.92 Å². The van der Waals surface area contributed by atoms with Gasteiger partial charge in [0.15, 0.2) is 0 Å². The first-order chi connectivity index (χ1) is 7.31. The molecule has 0 aliphatic heterocycles. The molecule has 0 aromatic carbocycles. The smallest absolute Gasteiger partial charge is 0.120 e. The highest BCUT2D eigenvalue weighted by molar-refractivity contribution is 5.04. The minimum Gasteiger partial charge on any atom is -0.468 e. The number of hydrogen-bond acceptors (Lipinski definition) is 3. The molecule has 0 amide bonds. The van der Waals surface area contributed by atoms with E-state index < -0.39 is 0 Å². The zero-order valence-corrected chi connectivity index (χ0v) is 9.40. The summed E-state index contributed by atoms with van der Waals surface area (Å²) in [6.07, 6.45) is 4.37. The summed E-state index contributed by atoms with van der Waals surface area (Å²) >= 11 is 0. The first-order valence-corrected chi connectivity index (χ1v) is 5.59. The van der Waals surface area contributed by atoms with E-state index in [0.29, 0.717) is 6.04 Å². The number of ether oxygens (including phenoxy) is 1. The maximum absolute atomic E-state index is 5.37. The van der Waals surface area contributed by atoms with E-state index in [-0.39, 0.29) is 6.04 Å². The number of rotatable bonds is 6. The molecule has 0 bridgehead atoms. The minimum atomic E-state index is 0.265. The molecular weight excluding hydrogens is 190 g/mol. The first-order valence-electron chi connectivity index (χ1n) is 5.59. The molecule has 1 heterocycles. The highest BCUT2D eigenvalue weighted by atomic mass is 16.5. The molecule has 1 aliphatic carbocycles. The molecule has 1 aromatic heterocycles. The van der Waals surface area contributed by atoms with Crippen LogP contribution in [0.1, 0.15) is 31.6 Å². The van der Waals surface area contributed by atoms with Gasteiger partial charge >= 0.3 is 0 Å². The van der Waals surface area contributed by atoms with Crippen LogP contribution < -0.4 is 5.32 Å². The lowest BCUT2D eigenvalue weighted by Gasteiger charge is -2.21. The Kier molecular flexibility index (Phi) is 3.44. The highest BCUT2D eigenvalue weighted by Crippen LogP contribution is 2.33. The van der Waals surface area contributed by atoms with Crippen molar-refractivity contribution in [3.63, 3.8) is 0 Å². The Bertz CT molecular complexity index is 280. The molecule has 1 fully saturated rings. The highest BCUT2D eigenvalue weighted by Gasteiger charge is 2.32. The van der Waals surface area contributed by atoms with Crippen molar-refractivity contribution in [3.05, 3.63) is 24.2 Å². The third-order valence-corrected chi connectivity index (χ3v) is 2.97. The normalized spacial score (nSPS) is 20.1. The standard InChI is InChI=1S/C12H19NO2/c1-9(12-4-3-7-15-12)13-11(8-14-2)10-5-6-10/h3-4,7,9-11,13H,5-6,8H2,1-2H3. The van der Waals surface area contributed by atoms with Crippen molar-refractivity contribution in [2.75, 3.05) is 13.7 Å². The molecule has 2 rings (SSSR count). The predicted octanol–water partition coefficient (Wildman–Crippen LogP) is 2.36. The van der Waals surface area contributed by atoms with Crippen LogP contribution in [0.2, 0.25) is 0 Å². The molecular formula is C12H19NO2. The van der Waals surface area contributed by atoms with Crippen LogP contribution in [0.15, 0.2) is 22.8 Å². The Labute approximate surface area is 90.8 Å². The summed E-state index contributed by atoms with van der Waals surface area (Å²) in [5, 5.41) is 3.56. The zero-order chi connectivity index (χ0) is 10.7. The van der Waals surface area contributed by atoms with Crippen LogP contribution in [0.3, 0.4) is 0 Å². The summed E-state index contributed by atoms with van der Waals surface area (Å²) in [6.45, 7) is 2.92. The van der Waals surface area contributed by atoms with E-state index in [4.69, 9.17) is 9.15 Å². The molecule has 0 radical (unpaired) electrons. The van der Waals surface area contributed by atoms with Crippen molar-refractivity contribution in [3.8, 4) is 0 Å². The molecule has 2 atom stereocenters. The molecule has 1 aromatic rings. The van der Waals surface area contributed by atoms with Crippen LogP contribution in [-0.4, -0.2) is 19.8 Å². The van der Waals surface area contributed by atoms with Crippen LogP contribution in [-0.2, 0) is 4.74 Å². The molecule has 1 aliphatic rings. The maximum Gasteiger partial charge on any atom is 0.120 e. The van der Waals surface area contributed by atoms with E-state index in [1.807, 2.05) is 12.1 Å². The van der Waals surface area contributed by atoms with E-state index in [9.17, 15) is 0 Å². The van der Waals surface area contributed by atoms with Crippen LogP contribution in [0.5, 0.6) is 0 Å². The Balaban J connectivity index is 1.88. The monoisotopic (exact) mass is 209 g/mol. The van der Waals surface area contributed by atoms with Gasteiger partial charge in [0, 0.05) is 13.2 Å². The zero-order valence-electron chi connectivity index (χ0n) is 9.40. The molecule has 1 saturated carbocycles. The molecule has 3 heteroatoms. The van der Waals surface area contributed by atoms with Gasteiger partial charge in [-0.1, -0.05) is 0 Å². The second kappa shape index (κ2) is 4.81. The Morgan fingerprint density at radius 3 is 2.93 bits per heavy atom. The van der Waals surface area contributed by atoms with Gasteiger partial charge in [0.1, 0.15) is 5.76 Å². The molecule has 3 nitrogen and oxygen atoms in total. The van der Waals surface area contributed by atoms with E-state index in [1.165, 1.54) is 12.8 Å². The third-order valence-electron chi connectivity index (χ3n) is 2.97. The SMILES string of the molecule is COCC(NC(C)c1ccco1)C1CC1. The van der Waals surface area contributed by atoms with Gasteiger partial charge in [0.25, 0.3) is 0 Å². The van der Waals surface area contributed by atoms with E-state index in [1.54, 1.807) is 13.4 Å². The fraction of sp³-hybridized carbons (Fsp3) is 0.667. The third kappa shape index (κ3) is 2.83. The van der Waals surface area contributed by atoms with Crippen LogP contribution >= 0.6 is 0 Å². The maximum atomic E-state index is 5.37. The van der Waals surface area contributed by atoms with Crippen molar-refractivity contribution < 1.29 is 9.15 Å². The number of nitrogens with one attached hydrogen (secondary N) is 1. The van der Waals surface area contributed by atoms with Crippen LogP contribution in [0.4, 0.5) is 0 Å². The second-order valence-corrected chi connectivity index (χ2v) is 4.30. The predicted molar refractivity (Wildman–Crippen MR) is 58.6 cm³/mol. The summed E-state index contributed by atoms with van der Waals surface area (Å²) in [4.78, 5) is 0. The van der Waals surface area contributed by atoms with Gasteiger partial charge in [-0.3, -0.25) is 0 Å². The van der Waals surface area contributed by atoms with Crippen molar-refractivity contribution >= 4 is 0 Å². The molecule has 1 N–H and O–H groups in total. The van der Waals surface area contributed by atoms with Crippen molar-refractivity contribution in [2.45, 2.75) is 31.8 Å². The first kappa shape index (κ1) is 10.7. The lowest BCUT2D eigenvalue weighted by molar-refractivity contribution is 0.150. The molecule has 0 spiro atoms. The lowest BCUT2D eigenvalue weighted by atomic mass is 10.1. The average Bonchev–Trinajstić information content (AvgIpc) is 2.92. The second-order valence-electron chi connectivity index (χ2n) is 4.30. The summed E-state index contributed by atoms with van der Waals surface area (Å²) in [7, 11) is 1.76. The number of furan rings is 1. The summed E-state index contributed by atoms with van der Waals surface area (Å²) < 4.78 is 10.6. The Morgan fingerprint density at radius 2 is 2.40 bits per heavy atom. The minimum absolute atomic E-state index is 0.265. The van der Waals surface area contributed by atoms with E-state index in [2.05, 4.69) is 12.2 Å². The molecule has 84 valence electrons. The van der Waals surface area contributed by atoms with Crippen molar-refractivity contribution in [1.82, 2.24) is 5.32 Å². The van der Waals surface area contributed by atoms with Gasteiger partial charge in [0.05, 0.1) is 18.9 Å². The van der Waals surface area contributed by atoms with E-state index >= 15 is 0 Å². The van der Waals surface area contributed by atoms with Gasteiger partial charge in [-0.2, -0.15) is 0 Å². The Hall–Kier alpha value is -0.800. The number of hydrogen-bond donors (Lipinski definition) is 1.